The van der Waals surface area contributed by atoms with Crippen molar-refractivity contribution in [3.8, 4) is 0 Å². The van der Waals surface area contributed by atoms with Gasteiger partial charge in [-0.05, 0) is 42.5 Å². The monoisotopic (exact) mass is 303 g/mol. The average molecular weight is 303 g/mol. The Morgan fingerprint density at radius 1 is 1.00 bits per heavy atom. The lowest BCUT2D eigenvalue weighted by Gasteiger charge is -2.08. The summed E-state index contributed by atoms with van der Waals surface area (Å²) in [5, 5.41) is 1.25. The summed E-state index contributed by atoms with van der Waals surface area (Å²) in [6, 6.07) is 17.4. The van der Waals surface area contributed by atoms with Crippen LogP contribution in [0.4, 0.5) is 0 Å². The highest BCUT2D eigenvalue weighted by Crippen LogP contribution is 2.31. The quantitative estimate of drug-likeness (QED) is 0.516. The van der Waals surface area contributed by atoms with E-state index in [2.05, 4.69) is 73.9 Å². The molecule has 0 aliphatic rings. The number of unbranched alkanes of at least 4 members (excludes halogenated alkanes) is 2. The lowest BCUT2D eigenvalue weighted by Crippen LogP contribution is -1.90. The summed E-state index contributed by atoms with van der Waals surface area (Å²) in [4.78, 5) is 3.46. The largest absolute Gasteiger partial charge is 0.358 e. The molecule has 3 rings (SSSR count). The Morgan fingerprint density at radius 3 is 2.48 bits per heavy atom. The van der Waals surface area contributed by atoms with Gasteiger partial charge in [-0.25, -0.2) is 0 Å². The van der Waals surface area contributed by atoms with E-state index in [0.29, 0.717) is 0 Å². The van der Waals surface area contributed by atoms with E-state index in [1.807, 2.05) is 0 Å². The van der Waals surface area contributed by atoms with E-state index in [1.165, 1.54) is 59.0 Å². The Hall–Kier alpha value is -2.28. The van der Waals surface area contributed by atoms with Crippen LogP contribution in [0.25, 0.3) is 16.5 Å². The van der Waals surface area contributed by atoms with Crippen LogP contribution in [0.15, 0.2) is 55.1 Å². The van der Waals surface area contributed by atoms with Crippen molar-refractivity contribution < 1.29 is 0 Å². The zero-order valence-corrected chi connectivity index (χ0v) is 14.2. The highest BCUT2D eigenvalue weighted by molar-refractivity contribution is 5.97. The molecule has 0 bridgehead atoms. The minimum absolute atomic E-state index is 1.10. The molecular weight excluding hydrogens is 278 g/mol. The van der Waals surface area contributed by atoms with Crippen molar-refractivity contribution in [1.82, 2.24) is 4.98 Å². The lowest BCUT2D eigenvalue weighted by atomic mass is 9.95. The second kappa shape index (κ2) is 6.87. The number of aromatic amines is 1. The maximum atomic E-state index is 4.36. The molecule has 0 saturated heterocycles. The van der Waals surface area contributed by atoms with Gasteiger partial charge in [0, 0.05) is 22.2 Å². The minimum Gasteiger partial charge on any atom is -0.358 e. The van der Waals surface area contributed by atoms with Crippen LogP contribution in [0, 0.1) is 6.92 Å². The number of nitrogens with one attached hydrogen (secondary N) is 1. The summed E-state index contributed by atoms with van der Waals surface area (Å²) >= 11 is 0. The van der Waals surface area contributed by atoms with Crippen LogP contribution in [0.1, 0.15) is 48.6 Å². The minimum atomic E-state index is 1.10. The van der Waals surface area contributed by atoms with Gasteiger partial charge >= 0.3 is 0 Å². The van der Waals surface area contributed by atoms with Gasteiger partial charge in [-0.1, -0.05) is 68.8 Å². The number of para-hydroxylation sites is 1. The first-order valence-electron chi connectivity index (χ1n) is 8.56. The Labute approximate surface area is 139 Å². The first-order valence-corrected chi connectivity index (χ1v) is 8.56. The Morgan fingerprint density at radius 2 is 1.74 bits per heavy atom. The second-order valence-corrected chi connectivity index (χ2v) is 6.30. The molecule has 1 N–H and O–H groups in total. The van der Waals surface area contributed by atoms with Crippen molar-refractivity contribution in [2.75, 3.05) is 0 Å². The van der Waals surface area contributed by atoms with Gasteiger partial charge in [0.25, 0.3) is 0 Å². The van der Waals surface area contributed by atoms with E-state index in [9.17, 15) is 0 Å². The number of aromatic nitrogens is 1. The van der Waals surface area contributed by atoms with E-state index in [0.717, 1.165) is 5.57 Å². The van der Waals surface area contributed by atoms with Crippen molar-refractivity contribution >= 4 is 16.5 Å². The molecule has 23 heavy (non-hydrogen) atoms. The summed E-state index contributed by atoms with van der Waals surface area (Å²) in [7, 11) is 0. The standard InChI is InChI=1S/C22H25N/c1-4-5-6-9-18-12-14-19(15-13-18)16(2)22-17(3)23-21-11-8-7-10-20(21)22/h7-8,10-15,23H,2,4-6,9H2,1,3H3. The van der Waals surface area contributed by atoms with Crippen LogP contribution in [-0.2, 0) is 6.42 Å². The second-order valence-electron chi connectivity index (χ2n) is 6.30. The van der Waals surface area contributed by atoms with Crippen LogP contribution < -0.4 is 0 Å². The SMILES string of the molecule is C=C(c1ccc(CCCCC)cc1)c1c(C)[nH]c2ccccc12. The molecule has 0 amide bonds. The van der Waals surface area contributed by atoms with Gasteiger partial charge in [-0.2, -0.15) is 0 Å². The molecular formula is C22H25N. The molecule has 0 unspecified atom stereocenters. The van der Waals surface area contributed by atoms with E-state index >= 15 is 0 Å². The van der Waals surface area contributed by atoms with Crippen molar-refractivity contribution in [2.45, 2.75) is 39.5 Å². The van der Waals surface area contributed by atoms with Gasteiger partial charge in [-0.15, -0.1) is 0 Å². The number of fused-ring (bicyclic) bond motifs is 1. The number of hydrogen-bond acceptors (Lipinski definition) is 0. The molecule has 1 aromatic heterocycles. The zero-order chi connectivity index (χ0) is 16.2. The summed E-state index contributed by atoms with van der Waals surface area (Å²) in [5.74, 6) is 0. The third kappa shape index (κ3) is 3.24. The number of hydrogen-bond donors (Lipinski definition) is 1. The van der Waals surface area contributed by atoms with Crippen LogP contribution in [0.3, 0.4) is 0 Å². The average Bonchev–Trinajstić information content (AvgIpc) is 2.91. The third-order valence-corrected chi connectivity index (χ3v) is 4.57. The summed E-state index contributed by atoms with van der Waals surface area (Å²) < 4.78 is 0. The predicted molar refractivity (Wildman–Crippen MR) is 101 cm³/mol. The highest BCUT2D eigenvalue weighted by atomic mass is 14.7. The molecule has 0 fully saturated rings. The van der Waals surface area contributed by atoms with Crippen LogP contribution in [-0.4, -0.2) is 4.98 Å². The lowest BCUT2D eigenvalue weighted by molar-refractivity contribution is 0.717. The fourth-order valence-corrected chi connectivity index (χ4v) is 3.26. The van der Waals surface area contributed by atoms with Gasteiger partial charge < -0.3 is 4.98 Å². The zero-order valence-electron chi connectivity index (χ0n) is 14.2. The van der Waals surface area contributed by atoms with Crippen molar-refractivity contribution in [3.63, 3.8) is 0 Å². The van der Waals surface area contributed by atoms with Gasteiger partial charge in [0.05, 0.1) is 0 Å². The highest BCUT2D eigenvalue weighted by Gasteiger charge is 2.12. The van der Waals surface area contributed by atoms with Gasteiger partial charge in [0.2, 0.25) is 0 Å². The molecule has 0 aliphatic carbocycles. The first-order chi connectivity index (χ1) is 11.2. The maximum absolute atomic E-state index is 4.36. The maximum Gasteiger partial charge on any atom is 0.0462 e. The number of H-pyrrole nitrogens is 1. The molecule has 0 atom stereocenters. The molecule has 118 valence electrons. The van der Waals surface area contributed by atoms with E-state index in [-0.39, 0.29) is 0 Å². The smallest absolute Gasteiger partial charge is 0.0462 e. The molecule has 0 radical (unpaired) electrons. The summed E-state index contributed by atoms with van der Waals surface area (Å²) in [6.45, 7) is 8.73. The molecule has 1 heterocycles. The number of aryl methyl sites for hydroxylation is 2. The molecule has 2 aromatic carbocycles. The van der Waals surface area contributed by atoms with Crippen molar-refractivity contribution in [1.29, 1.82) is 0 Å². The van der Waals surface area contributed by atoms with Crippen LogP contribution >= 0.6 is 0 Å². The van der Waals surface area contributed by atoms with E-state index in [4.69, 9.17) is 0 Å². The first kappa shape index (κ1) is 15.6. The molecule has 0 saturated carbocycles. The van der Waals surface area contributed by atoms with Gasteiger partial charge in [-0.3, -0.25) is 0 Å². The number of rotatable bonds is 6. The normalized spacial score (nSPS) is 11.0. The Balaban J connectivity index is 1.86. The molecule has 0 aliphatic heterocycles. The summed E-state index contributed by atoms with van der Waals surface area (Å²) in [6.07, 6.45) is 5.03. The number of benzene rings is 2. The molecule has 1 nitrogen and oxygen atoms in total. The van der Waals surface area contributed by atoms with Gasteiger partial charge in [0.15, 0.2) is 0 Å². The van der Waals surface area contributed by atoms with Crippen LogP contribution in [0.2, 0.25) is 0 Å². The van der Waals surface area contributed by atoms with Gasteiger partial charge in [0.1, 0.15) is 0 Å². The fourth-order valence-electron chi connectivity index (χ4n) is 3.26. The Bertz CT molecular complexity index is 806. The predicted octanol–water partition coefficient (Wildman–Crippen LogP) is 6.27. The Kier molecular flexibility index (Phi) is 4.66. The topological polar surface area (TPSA) is 15.8 Å². The summed E-state index contributed by atoms with van der Waals surface area (Å²) in [5.41, 5.74) is 7.32. The van der Waals surface area contributed by atoms with E-state index < -0.39 is 0 Å². The van der Waals surface area contributed by atoms with Crippen molar-refractivity contribution in [2.24, 2.45) is 0 Å². The molecule has 0 spiro atoms. The van der Waals surface area contributed by atoms with Crippen LogP contribution in [0.5, 0.6) is 0 Å². The van der Waals surface area contributed by atoms with E-state index in [1.54, 1.807) is 0 Å². The fraction of sp³-hybridized carbons (Fsp3) is 0.273. The molecule has 1 heteroatoms. The third-order valence-electron chi connectivity index (χ3n) is 4.57. The molecule has 3 aromatic rings. The van der Waals surface area contributed by atoms with Crippen molar-refractivity contribution in [3.05, 3.63) is 77.5 Å².